The largest absolute Gasteiger partial charge is 0.497 e. The van der Waals surface area contributed by atoms with Crippen LogP contribution in [0.1, 0.15) is 20.1 Å². The van der Waals surface area contributed by atoms with Crippen LogP contribution < -0.4 is 10.2 Å². The quantitative estimate of drug-likeness (QED) is 0.434. The average Bonchev–Trinajstić information content (AvgIpc) is 3.14. The number of thiophene rings is 1. The van der Waals surface area contributed by atoms with Crippen LogP contribution in [0.4, 0.5) is 4.79 Å². The number of carbonyl (C=O) groups is 2. The zero-order chi connectivity index (χ0) is 20.5. The molecule has 2 aromatic rings. The van der Waals surface area contributed by atoms with Crippen LogP contribution in [-0.2, 0) is 27.5 Å². The van der Waals surface area contributed by atoms with Gasteiger partial charge in [-0.25, -0.2) is 23.5 Å². The number of urea groups is 1. The van der Waals surface area contributed by atoms with Gasteiger partial charge in [0.1, 0.15) is 16.0 Å². The van der Waals surface area contributed by atoms with Gasteiger partial charge in [0, 0.05) is 11.3 Å². The van der Waals surface area contributed by atoms with E-state index in [4.69, 9.17) is 14.7 Å². The van der Waals surface area contributed by atoms with E-state index < -0.39 is 27.2 Å². The molecule has 0 fully saturated rings. The lowest BCUT2D eigenvalue weighted by Crippen LogP contribution is -2.51. The number of rotatable bonds is 4. The van der Waals surface area contributed by atoms with Crippen LogP contribution in [0.25, 0.3) is 0 Å². The number of fused-ring (bicyclic) bond motifs is 1. The Hall–Kier alpha value is -2.63. The lowest BCUT2D eigenvalue weighted by molar-refractivity contribution is 0.0606. The monoisotopic (exact) mass is 426 g/mol. The molecule has 1 aliphatic heterocycles. The summed E-state index contributed by atoms with van der Waals surface area (Å²) in [6.45, 7) is -0.0660. The predicted molar refractivity (Wildman–Crippen MR) is 99.2 cm³/mol. The predicted octanol–water partition coefficient (Wildman–Crippen LogP) is 1.80. The molecule has 2 N–H and O–H groups in total. The Balaban J connectivity index is 2.02. The second-order valence-electron chi connectivity index (χ2n) is 5.97. The molecule has 0 saturated carbocycles. The fraction of sp³-hybridized carbons (Fsp3) is 0.294. The molecule has 1 aliphatic rings. The third-order valence-corrected chi connectivity index (χ3v) is 7.65. The molecule has 0 aliphatic carbocycles. The molecule has 2 heterocycles. The molecule has 3 rings (SSSR count). The van der Waals surface area contributed by atoms with Gasteiger partial charge in [0.05, 0.1) is 25.7 Å². The number of amides is 2. The van der Waals surface area contributed by atoms with Gasteiger partial charge in [-0.3, -0.25) is 5.21 Å². The van der Waals surface area contributed by atoms with Crippen LogP contribution in [0.5, 0.6) is 5.75 Å². The number of sulfone groups is 1. The summed E-state index contributed by atoms with van der Waals surface area (Å²) < 4.78 is 36.1. The molecule has 150 valence electrons. The van der Waals surface area contributed by atoms with Crippen LogP contribution in [0.3, 0.4) is 0 Å². The highest BCUT2D eigenvalue weighted by atomic mass is 32.2. The molecule has 1 aromatic heterocycles. The zero-order valence-electron chi connectivity index (χ0n) is 15.0. The molecule has 28 heavy (non-hydrogen) atoms. The summed E-state index contributed by atoms with van der Waals surface area (Å²) in [4.78, 5) is 26.0. The van der Waals surface area contributed by atoms with E-state index in [0.29, 0.717) is 21.1 Å². The fourth-order valence-corrected chi connectivity index (χ4v) is 5.84. The second-order valence-corrected chi connectivity index (χ2v) is 9.22. The molecule has 0 spiro atoms. The highest BCUT2D eigenvalue weighted by molar-refractivity contribution is 7.92. The van der Waals surface area contributed by atoms with Crippen LogP contribution in [0, 0.1) is 0 Å². The first kappa shape index (κ1) is 20.1. The van der Waals surface area contributed by atoms with E-state index in [9.17, 15) is 18.0 Å². The molecular formula is C17H18N2O7S2. The maximum Gasteiger partial charge on any atom is 0.348 e. The van der Waals surface area contributed by atoms with Crippen molar-refractivity contribution in [2.75, 3.05) is 14.2 Å². The number of nitrogens with one attached hydrogen (secondary N) is 1. The number of hydrogen-bond donors (Lipinski definition) is 2. The molecule has 0 saturated heterocycles. The molecule has 0 radical (unpaired) electrons. The molecule has 1 unspecified atom stereocenters. The standard InChI is InChI=1S/C17H18N2O7S2/c1-25-11-3-5-12(6-4-11)28(23,24)15-8-10-7-13(16(20)26-2)27-14(10)9-19(15)17(21)18-22/h3-7,15,22H,8-9H2,1-2H3,(H,18,21). The van der Waals surface area contributed by atoms with Crippen LogP contribution >= 0.6 is 11.3 Å². The first-order chi connectivity index (χ1) is 13.3. The Morgan fingerprint density at radius 3 is 2.50 bits per heavy atom. The number of hydrogen-bond acceptors (Lipinski definition) is 8. The van der Waals surface area contributed by atoms with Crippen molar-refractivity contribution < 1.29 is 32.7 Å². The summed E-state index contributed by atoms with van der Waals surface area (Å²) in [5.74, 6) is -0.0393. The van der Waals surface area contributed by atoms with Gasteiger partial charge in [0.15, 0.2) is 9.84 Å². The summed E-state index contributed by atoms with van der Waals surface area (Å²) in [5, 5.41) is 7.82. The fourth-order valence-electron chi connectivity index (χ4n) is 3.00. The number of esters is 1. The third kappa shape index (κ3) is 3.55. The Morgan fingerprint density at radius 2 is 1.93 bits per heavy atom. The highest BCUT2D eigenvalue weighted by Gasteiger charge is 2.40. The number of hydroxylamine groups is 1. The van der Waals surface area contributed by atoms with Crippen molar-refractivity contribution in [2.45, 2.75) is 23.2 Å². The number of ether oxygens (including phenoxy) is 2. The maximum atomic E-state index is 13.2. The SMILES string of the molecule is COC(=O)c1cc2c(s1)CN(C(=O)NO)C(S(=O)(=O)c1ccc(OC)cc1)C2. The Labute approximate surface area is 165 Å². The van der Waals surface area contributed by atoms with Gasteiger partial charge >= 0.3 is 12.0 Å². The van der Waals surface area contributed by atoms with E-state index in [-0.39, 0.29) is 17.9 Å². The summed E-state index contributed by atoms with van der Waals surface area (Å²) in [6, 6.07) is 6.45. The van der Waals surface area contributed by atoms with Crippen molar-refractivity contribution in [1.29, 1.82) is 0 Å². The minimum atomic E-state index is -3.96. The number of benzene rings is 1. The van der Waals surface area contributed by atoms with Gasteiger partial charge < -0.3 is 14.4 Å². The maximum absolute atomic E-state index is 13.2. The minimum absolute atomic E-state index is 0.0147. The first-order valence-electron chi connectivity index (χ1n) is 8.10. The van der Waals surface area contributed by atoms with Gasteiger partial charge in [-0.15, -0.1) is 11.3 Å². The lowest BCUT2D eigenvalue weighted by Gasteiger charge is -2.34. The van der Waals surface area contributed by atoms with Crippen molar-refractivity contribution in [1.82, 2.24) is 10.4 Å². The highest BCUT2D eigenvalue weighted by Crippen LogP contribution is 2.35. The van der Waals surface area contributed by atoms with Gasteiger partial charge in [0.2, 0.25) is 0 Å². The van der Waals surface area contributed by atoms with Gasteiger partial charge in [-0.1, -0.05) is 0 Å². The van der Waals surface area contributed by atoms with E-state index in [1.807, 2.05) is 0 Å². The summed E-state index contributed by atoms with van der Waals surface area (Å²) in [6.07, 6.45) is -0.0232. The summed E-state index contributed by atoms with van der Waals surface area (Å²) >= 11 is 1.12. The van der Waals surface area contributed by atoms with Crippen molar-refractivity contribution in [2.24, 2.45) is 0 Å². The Kier molecular flexibility index (Phi) is 5.59. The normalized spacial score (nSPS) is 16.2. The minimum Gasteiger partial charge on any atom is -0.497 e. The molecular weight excluding hydrogens is 408 g/mol. The third-order valence-electron chi connectivity index (χ3n) is 4.44. The lowest BCUT2D eigenvalue weighted by atomic mass is 10.1. The van der Waals surface area contributed by atoms with E-state index in [2.05, 4.69) is 0 Å². The van der Waals surface area contributed by atoms with Gasteiger partial charge in [0.25, 0.3) is 0 Å². The van der Waals surface area contributed by atoms with Crippen LogP contribution in [0.2, 0.25) is 0 Å². The van der Waals surface area contributed by atoms with Gasteiger partial charge in [-0.05, 0) is 35.9 Å². The van der Waals surface area contributed by atoms with E-state index >= 15 is 0 Å². The second kappa shape index (κ2) is 7.78. The van der Waals surface area contributed by atoms with E-state index in [0.717, 1.165) is 16.2 Å². The van der Waals surface area contributed by atoms with Crippen molar-refractivity contribution in [3.8, 4) is 5.75 Å². The first-order valence-corrected chi connectivity index (χ1v) is 10.5. The zero-order valence-corrected chi connectivity index (χ0v) is 16.7. The summed E-state index contributed by atoms with van der Waals surface area (Å²) in [5.41, 5.74) is 2.14. The number of carbonyl (C=O) groups excluding carboxylic acids is 2. The van der Waals surface area contributed by atoms with Gasteiger partial charge in [-0.2, -0.15) is 0 Å². The molecule has 2 amide bonds. The topological polar surface area (TPSA) is 122 Å². The molecule has 1 atom stereocenters. The van der Waals surface area contributed by atoms with Crippen molar-refractivity contribution in [3.05, 3.63) is 45.6 Å². The average molecular weight is 426 g/mol. The van der Waals surface area contributed by atoms with Crippen LogP contribution in [0.15, 0.2) is 35.2 Å². The number of methoxy groups -OCH3 is 2. The molecule has 1 aromatic carbocycles. The molecule has 0 bridgehead atoms. The van der Waals surface area contributed by atoms with Crippen LogP contribution in [-0.4, -0.2) is 50.1 Å². The smallest absolute Gasteiger partial charge is 0.348 e. The van der Waals surface area contributed by atoms with Crippen molar-refractivity contribution in [3.63, 3.8) is 0 Å². The molecule has 11 heteroatoms. The number of nitrogens with zero attached hydrogens (tertiary/aromatic N) is 1. The Bertz CT molecular complexity index is 999. The van der Waals surface area contributed by atoms with E-state index in [1.54, 1.807) is 6.07 Å². The molecule has 9 nitrogen and oxygen atoms in total. The van der Waals surface area contributed by atoms with Crippen molar-refractivity contribution >= 4 is 33.2 Å². The Morgan fingerprint density at radius 1 is 1.25 bits per heavy atom. The summed E-state index contributed by atoms with van der Waals surface area (Å²) in [7, 11) is -1.24. The van der Waals surface area contributed by atoms with E-state index in [1.165, 1.54) is 44.0 Å².